The molecule has 126 valence electrons. The number of methoxy groups -OCH3 is 1. The van der Waals surface area contributed by atoms with Gasteiger partial charge in [0.25, 0.3) is 0 Å². The average Bonchev–Trinajstić information content (AvgIpc) is 3.04. The van der Waals surface area contributed by atoms with Crippen LogP contribution in [0.15, 0.2) is 12.1 Å². The molecule has 1 heterocycles. The SMILES string of the molecule is COc1cc(C)cc(C)c1C(C)NC(=O)NC[C@@]12COC[C@@H]1C2. The number of benzene rings is 1. The van der Waals surface area contributed by atoms with Crippen LogP contribution in [0.4, 0.5) is 4.79 Å². The van der Waals surface area contributed by atoms with Gasteiger partial charge in [-0.1, -0.05) is 6.07 Å². The van der Waals surface area contributed by atoms with Crippen molar-refractivity contribution in [2.24, 2.45) is 11.3 Å². The van der Waals surface area contributed by atoms with Crippen molar-refractivity contribution >= 4 is 6.03 Å². The molecule has 1 aliphatic heterocycles. The molecule has 0 radical (unpaired) electrons. The van der Waals surface area contributed by atoms with Crippen LogP contribution in [-0.4, -0.2) is 32.9 Å². The average molecular weight is 318 g/mol. The second-order valence-corrected chi connectivity index (χ2v) is 7.03. The van der Waals surface area contributed by atoms with Crippen LogP contribution in [-0.2, 0) is 4.74 Å². The molecule has 1 saturated carbocycles. The van der Waals surface area contributed by atoms with Gasteiger partial charge in [-0.05, 0) is 50.3 Å². The van der Waals surface area contributed by atoms with Gasteiger partial charge < -0.3 is 20.1 Å². The van der Waals surface area contributed by atoms with Crippen molar-refractivity contribution in [1.82, 2.24) is 10.6 Å². The van der Waals surface area contributed by atoms with Crippen molar-refractivity contribution in [3.05, 3.63) is 28.8 Å². The van der Waals surface area contributed by atoms with Crippen LogP contribution in [0.25, 0.3) is 0 Å². The highest BCUT2D eigenvalue weighted by atomic mass is 16.5. The van der Waals surface area contributed by atoms with E-state index in [1.54, 1.807) is 7.11 Å². The minimum absolute atomic E-state index is 0.113. The lowest BCUT2D eigenvalue weighted by Gasteiger charge is -2.21. The van der Waals surface area contributed by atoms with Crippen LogP contribution >= 0.6 is 0 Å². The van der Waals surface area contributed by atoms with E-state index >= 15 is 0 Å². The lowest BCUT2D eigenvalue weighted by atomic mass is 9.99. The molecule has 0 aromatic heterocycles. The predicted molar refractivity (Wildman–Crippen MR) is 88.8 cm³/mol. The topological polar surface area (TPSA) is 59.6 Å². The summed E-state index contributed by atoms with van der Waals surface area (Å²) < 4.78 is 10.9. The molecule has 1 aromatic carbocycles. The number of hydrogen-bond acceptors (Lipinski definition) is 3. The summed E-state index contributed by atoms with van der Waals surface area (Å²) in [5, 5.41) is 6.02. The van der Waals surface area contributed by atoms with Gasteiger partial charge >= 0.3 is 6.03 Å². The molecule has 2 N–H and O–H groups in total. The van der Waals surface area contributed by atoms with Gasteiger partial charge in [0.05, 0.1) is 26.4 Å². The van der Waals surface area contributed by atoms with Gasteiger partial charge in [0.15, 0.2) is 0 Å². The second kappa shape index (κ2) is 6.04. The normalized spacial score (nSPS) is 26.3. The Labute approximate surface area is 137 Å². The number of urea groups is 1. The largest absolute Gasteiger partial charge is 0.496 e. The summed E-state index contributed by atoms with van der Waals surface area (Å²) >= 11 is 0. The standard InChI is InChI=1S/C18H26N2O3/c1-11-5-12(2)16(15(6-11)22-4)13(3)20-17(21)19-9-18-7-14(18)8-23-10-18/h5-6,13-14H,7-10H2,1-4H3,(H2,19,20,21)/t13?,14-,18-/m0/s1. The molecule has 0 spiro atoms. The van der Waals surface area contributed by atoms with Crippen LogP contribution in [0.3, 0.4) is 0 Å². The van der Waals surface area contributed by atoms with Gasteiger partial charge in [0, 0.05) is 17.5 Å². The van der Waals surface area contributed by atoms with E-state index in [4.69, 9.17) is 9.47 Å². The van der Waals surface area contributed by atoms with E-state index in [-0.39, 0.29) is 17.5 Å². The number of ether oxygens (including phenoxy) is 2. The van der Waals surface area contributed by atoms with E-state index < -0.39 is 0 Å². The minimum atomic E-state index is -0.133. The van der Waals surface area contributed by atoms with E-state index in [0.717, 1.165) is 35.7 Å². The first-order valence-corrected chi connectivity index (χ1v) is 8.22. The maximum atomic E-state index is 12.2. The number of carbonyl (C=O) groups is 1. The second-order valence-electron chi connectivity index (χ2n) is 7.03. The Morgan fingerprint density at radius 3 is 2.87 bits per heavy atom. The molecule has 1 aromatic rings. The summed E-state index contributed by atoms with van der Waals surface area (Å²) in [4.78, 5) is 12.2. The minimum Gasteiger partial charge on any atom is -0.496 e. The quantitative estimate of drug-likeness (QED) is 0.877. The molecular formula is C18H26N2O3. The van der Waals surface area contributed by atoms with Gasteiger partial charge in [-0.25, -0.2) is 4.79 Å². The first kappa shape index (κ1) is 16.1. The van der Waals surface area contributed by atoms with Crippen LogP contribution in [0, 0.1) is 25.2 Å². The molecule has 1 aliphatic carbocycles. The van der Waals surface area contributed by atoms with Gasteiger partial charge in [-0.15, -0.1) is 0 Å². The first-order chi connectivity index (χ1) is 10.9. The maximum Gasteiger partial charge on any atom is 0.315 e. The van der Waals surface area contributed by atoms with Gasteiger partial charge in [0.1, 0.15) is 5.75 Å². The van der Waals surface area contributed by atoms with Crippen molar-refractivity contribution in [2.45, 2.75) is 33.2 Å². The van der Waals surface area contributed by atoms with Gasteiger partial charge in [0.2, 0.25) is 0 Å². The van der Waals surface area contributed by atoms with Gasteiger partial charge in [-0.3, -0.25) is 0 Å². The summed E-state index contributed by atoms with van der Waals surface area (Å²) in [7, 11) is 1.66. The molecule has 0 bridgehead atoms. The van der Waals surface area contributed by atoms with Crippen molar-refractivity contribution < 1.29 is 14.3 Å². The third kappa shape index (κ3) is 3.15. The number of hydrogen-bond donors (Lipinski definition) is 2. The molecule has 5 heteroatoms. The molecule has 2 fully saturated rings. The highest BCUT2D eigenvalue weighted by Crippen LogP contribution is 2.56. The van der Waals surface area contributed by atoms with Crippen molar-refractivity contribution in [2.75, 3.05) is 26.9 Å². The summed E-state index contributed by atoms with van der Waals surface area (Å²) in [6.07, 6.45) is 1.17. The van der Waals surface area contributed by atoms with Crippen LogP contribution in [0.2, 0.25) is 0 Å². The van der Waals surface area contributed by atoms with Crippen molar-refractivity contribution in [3.63, 3.8) is 0 Å². The Morgan fingerprint density at radius 2 is 2.26 bits per heavy atom. The van der Waals surface area contributed by atoms with Crippen molar-refractivity contribution in [3.8, 4) is 5.75 Å². The van der Waals surface area contributed by atoms with Crippen molar-refractivity contribution in [1.29, 1.82) is 0 Å². The lowest BCUT2D eigenvalue weighted by Crippen LogP contribution is -2.40. The molecule has 1 unspecified atom stereocenters. The fourth-order valence-corrected chi connectivity index (χ4v) is 3.76. The van der Waals surface area contributed by atoms with Crippen LogP contribution in [0.5, 0.6) is 5.75 Å². The molecule has 1 saturated heterocycles. The number of aryl methyl sites for hydroxylation is 2. The molecule has 2 aliphatic rings. The monoisotopic (exact) mass is 318 g/mol. The summed E-state index contributed by atoms with van der Waals surface area (Å²) in [6.45, 7) is 8.39. The summed E-state index contributed by atoms with van der Waals surface area (Å²) in [5.41, 5.74) is 3.51. The van der Waals surface area contributed by atoms with Crippen LogP contribution in [0.1, 0.15) is 36.1 Å². The molecule has 23 heavy (non-hydrogen) atoms. The molecular weight excluding hydrogens is 292 g/mol. The molecule has 3 rings (SSSR count). The number of carbonyl (C=O) groups excluding carboxylic acids is 1. The van der Waals surface area contributed by atoms with E-state index in [0.29, 0.717) is 12.5 Å². The number of rotatable bonds is 5. The van der Waals surface area contributed by atoms with Gasteiger partial charge in [-0.2, -0.15) is 0 Å². The van der Waals surface area contributed by atoms with Crippen LogP contribution < -0.4 is 15.4 Å². The summed E-state index contributed by atoms with van der Waals surface area (Å²) in [6, 6.07) is 3.86. The molecule has 3 atom stereocenters. The smallest absolute Gasteiger partial charge is 0.315 e. The number of amides is 2. The Hall–Kier alpha value is -1.75. The zero-order valence-electron chi connectivity index (χ0n) is 14.4. The highest BCUT2D eigenvalue weighted by molar-refractivity contribution is 5.74. The predicted octanol–water partition coefficient (Wildman–Crippen LogP) is 2.71. The van der Waals surface area contributed by atoms with E-state index in [1.165, 1.54) is 6.42 Å². The molecule has 5 nitrogen and oxygen atoms in total. The Kier molecular flexibility index (Phi) is 4.23. The van der Waals surface area contributed by atoms with E-state index in [9.17, 15) is 4.79 Å². The summed E-state index contributed by atoms with van der Waals surface area (Å²) in [5.74, 6) is 1.46. The Balaban J connectivity index is 1.60. The van der Waals surface area contributed by atoms with E-state index in [2.05, 4.69) is 16.7 Å². The third-order valence-corrected chi connectivity index (χ3v) is 5.16. The van der Waals surface area contributed by atoms with E-state index in [1.807, 2.05) is 26.8 Å². The Morgan fingerprint density at radius 1 is 1.48 bits per heavy atom. The maximum absolute atomic E-state index is 12.2. The fourth-order valence-electron chi connectivity index (χ4n) is 3.76. The number of fused-ring (bicyclic) bond motifs is 1. The lowest BCUT2D eigenvalue weighted by molar-refractivity contribution is 0.146. The fraction of sp³-hybridized carbons (Fsp3) is 0.611. The first-order valence-electron chi connectivity index (χ1n) is 8.22. The zero-order chi connectivity index (χ0) is 16.6. The zero-order valence-corrected chi connectivity index (χ0v) is 14.4. The number of nitrogens with one attached hydrogen (secondary N) is 2. The highest BCUT2D eigenvalue weighted by Gasteiger charge is 2.58. The third-order valence-electron chi connectivity index (χ3n) is 5.16. The Bertz CT molecular complexity index is 617. The molecule has 2 amide bonds.